The second kappa shape index (κ2) is 2.36. The van der Waals surface area contributed by atoms with Crippen molar-refractivity contribution < 1.29 is 9.26 Å². The summed E-state index contributed by atoms with van der Waals surface area (Å²) in [5.74, 6) is 1.36. The van der Waals surface area contributed by atoms with E-state index >= 15 is 0 Å². The summed E-state index contributed by atoms with van der Waals surface area (Å²) >= 11 is 0. The Balaban J connectivity index is 2.15. The SMILES string of the molecule is [CH]1Oc2noc(-c3ccccc3)c21. The molecule has 2 heterocycles. The van der Waals surface area contributed by atoms with Gasteiger partial charge in [0.15, 0.2) is 12.4 Å². The van der Waals surface area contributed by atoms with Crippen LogP contribution in [-0.4, -0.2) is 5.16 Å². The number of fused-ring (bicyclic) bond motifs is 1. The Bertz CT molecular complexity index is 433. The molecular weight excluding hydrogens is 166 g/mol. The maximum Gasteiger partial charge on any atom is 0.262 e. The van der Waals surface area contributed by atoms with Gasteiger partial charge < -0.3 is 9.26 Å². The Hall–Kier alpha value is -1.77. The fraction of sp³-hybridized carbons (Fsp3) is 0. The summed E-state index contributed by atoms with van der Waals surface area (Å²) in [7, 11) is 0. The minimum absolute atomic E-state index is 0.582. The number of ether oxygens (including phenoxy) is 1. The summed E-state index contributed by atoms with van der Waals surface area (Å²) in [6.45, 7) is 1.65. The topological polar surface area (TPSA) is 35.3 Å². The lowest BCUT2D eigenvalue weighted by molar-refractivity contribution is 0.328. The van der Waals surface area contributed by atoms with Crippen LogP contribution in [0.25, 0.3) is 11.3 Å². The van der Waals surface area contributed by atoms with Crippen LogP contribution in [0.2, 0.25) is 0 Å². The monoisotopic (exact) mass is 172 g/mol. The summed E-state index contributed by atoms with van der Waals surface area (Å²) in [5, 5.41) is 3.75. The summed E-state index contributed by atoms with van der Waals surface area (Å²) in [4.78, 5) is 0. The molecule has 0 bridgehead atoms. The largest absolute Gasteiger partial charge is 0.462 e. The van der Waals surface area contributed by atoms with Gasteiger partial charge in [-0.2, -0.15) is 0 Å². The van der Waals surface area contributed by atoms with Crippen LogP contribution in [0, 0.1) is 6.61 Å². The smallest absolute Gasteiger partial charge is 0.262 e. The van der Waals surface area contributed by atoms with Gasteiger partial charge in [-0.25, -0.2) is 0 Å². The van der Waals surface area contributed by atoms with Crippen LogP contribution in [0.4, 0.5) is 0 Å². The fourth-order valence-electron chi connectivity index (χ4n) is 1.33. The van der Waals surface area contributed by atoms with Crippen LogP contribution in [0.15, 0.2) is 34.9 Å². The summed E-state index contributed by atoms with van der Waals surface area (Å²) in [5.41, 5.74) is 1.97. The third kappa shape index (κ3) is 0.869. The zero-order chi connectivity index (χ0) is 8.67. The minimum Gasteiger partial charge on any atom is -0.462 e. The first-order valence-corrected chi connectivity index (χ1v) is 4.00. The van der Waals surface area contributed by atoms with Crippen molar-refractivity contribution in [3.05, 3.63) is 42.5 Å². The number of hydrogen-bond donors (Lipinski definition) is 0. The predicted octanol–water partition coefficient (Wildman–Crippen LogP) is 2.24. The second-order valence-corrected chi connectivity index (χ2v) is 2.83. The van der Waals surface area contributed by atoms with Crippen LogP contribution in [-0.2, 0) is 0 Å². The molecule has 1 aromatic carbocycles. The molecule has 3 rings (SSSR count). The summed E-state index contributed by atoms with van der Waals surface area (Å²) in [6.07, 6.45) is 0. The molecule has 0 unspecified atom stereocenters. The molecular formula is C10H6NO2. The van der Waals surface area contributed by atoms with E-state index in [0.29, 0.717) is 5.88 Å². The molecule has 0 saturated heterocycles. The molecule has 2 aromatic rings. The van der Waals surface area contributed by atoms with Gasteiger partial charge in [0.25, 0.3) is 5.88 Å². The Kier molecular flexibility index (Phi) is 1.22. The molecule has 0 aliphatic carbocycles. The molecule has 3 heteroatoms. The van der Waals surface area contributed by atoms with Gasteiger partial charge >= 0.3 is 0 Å². The van der Waals surface area contributed by atoms with Crippen LogP contribution in [0.5, 0.6) is 5.88 Å². The van der Waals surface area contributed by atoms with Crippen LogP contribution in [0.3, 0.4) is 0 Å². The molecule has 0 N–H and O–H groups in total. The first kappa shape index (κ1) is 6.71. The van der Waals surface area contributed by atoms with E-state index in [4.69, 9.17) is 9.26 Å². The lowest BCUT2D eigenvalue weighted by Crippen LogP contribution is -2.04. The van der Waals surface area contributed by atoms with Crippen molar-refractivity contribution in [2.45, 2.75) is 0 Å². The van der Waals surface area contributed by atoms with Crippen molar-refractivity contribution in [3.8, 4) is 17.2 Å². The number of aromatic nitrogens is 1. The number of benzene rings is 1. The van der Waals surface area contributed by atoms with E-state index in [9.17, 15) is 0 Å². The molecule has 0 fully saturated rings. The molecule has 3 nitrogen and oxygen atoms in total. The van der Waals surface area contributed by atoms with Gasteiger partial charge in [-0.05, 0) is 5.16 Å². The van der Waals surface area contributed by atoms with Gasteiger partial charge in [-0.1, -0.05) is 30.3 Å². The van der Waals surface area contributed by atoms with Gasteiger partial charge in [0.05, 0.1) is 0 Å². The maximum atomic E-state index is 5.14. The van der Waals surface area contributed by atoms with E-state index in [-0.39, 0.29) is 0 Å². The van der Waals surface area contributed by atoms with Crippen molar-refractivity contribution >= 4 is 0 Å². The average molecular weight is 172 g/mol. The van der Waals surface area contributed by atoms with Gasteiger partial charge in [-0.15, -0.1) is 0 Å². The van der Waals surface area contributed by atoms with Crippen LogP contribution in [0.1, 0.15) is 5.56 Å². The zero-order valence-corrected chi connectivity index (χ0v) is 6.73. The number of nitrogens with zero attached hydrogens (tertiary/aromatic N) is 1. The fourth-order valence-corrected chi connectivity index (χ4v) is 1.33. The predicted molar refractivity (Wildman–Crippen MR) is 46.0 cm³/mol. The molecule has 1 aliphatic rings. The first-order valence-electron chi connectivity index (χ1n) is 4.00. The Labute approximate surface area is 74.9 Å². The average Bonchev–Trinajstić information content (AvgIpc) is 2.43. The number of rotatable bonds is 1. The summed E-state index contributed by atoms with van der Waals surface area (Å²) in [6, 6.07) is 9.85. The van der Waals surface area contributed by atoms with E-state index < -0.39 is 0 Å². The zero-order valence-electron chi connectivity index (χ0n) is 6.73. The molecule has 0 saturated carbocycles. The Morgan fingerprint density at radius 2 is 1.92 bits per heavy atom. The van der Waals surface area contributed by atoms with Gasteiger partial charge in [-0.3, -0.25) is 0 Å². The van der Waals surface area contributed by atoms with E-state index in [1.165, 1.54) is 0 Å². The summed E-state index contributed by atoms with van der Waals surface area (Å²) < 4.78 is 10.1. The van der Waals surface area contributed by atoms with E-state index in [1.807, 2.05) is 30.3 Å². The van der Waals surface area contributed by atoms with Gasteiger partial charge in [0, 0.05) is 5.56 Å². The molecule has 63 valence electrons. The van der Waals surface area contributed by atoms with Crippen molar-refractivity contribution in [2.24, 2.45) is 0 Å². The molecule has 1 aliphatic heterocycles. The molecule has 0 atom stereocenters. The van der Waals surface area contributed by atoms with Gasteiger partial charge in [0.2, 0.25) is 0 Å². The van der Waals surface area contributed by atoms with E-state index in [2.05, 4.69) is 5.16 Å². The van der Waals surface area contributed by atoms with Crippen LogP contribution < -0.4 is 4.74 Å². The highest BCUT2D eigenvalue weighted by molar-refractivity contribution is 5.66. The van der Waals surface area contributed by atoms with E-state index in [0.717, 1.165) is 16.9 Å². The second-order valence-electron chi connectivity index (χ2n) is 2.83. The van der Waals surface area contributed by atoms with Gasteiger partial charge in [0.1, 0.15) is 5.56 Å². The Morgan fingerprint density at radius 1 is 1.08 bits per heavy atom. The third-order valence-electron chi connectivity index (χ3n) is 2.02. The van der Waals surface area contributed by atoms with Crippen molar-refractivity contribution in [2.75, 3.05) is 0 Å². The van der Waals surface area contributed by atoms with E-state index in [1.54, 1.807) is 6.61 Å². The highest BCUT2D eigenvalue weighted by atomic mass is 16.6. The molecule has 0 amide bonds. The molecule has 13 heavy (non-hydrogen) atoms. The highest BCUT2D eigenvalue weighted by Crippen LogP contribution is 2.37. The lowest BCUT2D eigenvalue weighted by Gasteiger charge is -2.10. The third-order valence-corrected chi connectivity index (χ3v) is 2.02. The molecule has 1 aromatic heterocycles. The minimum atomic E-state index is 0.582. The Morgan fingerprint density at radius 3 is 2.54 bits per heavy atom. The normalized spacial score (nSPS) is 12.9. The quantitative estimate of drug-likeness (QED) is 0.661. The molecule has 1 radical (unpaired) electrons. The van der Waals surface area contributed by atoms with Crippen LogP contribution >= 0.6 is 0 Å². The van der Waals surface area contributed by atoms with Crippen molar-refractivity contribution in [1.29, 1.82) is 0 Å². The lowest BCUT2D eigenvalue weighted by atomic mass is 10.1. The highest BCUT2D eigenvalue weighted by Gasteiger charge is 2.27. The number of hydrogen-bond acceptors (Lipinski definition) is 3. The molecule has 0 spiro atoms. The maximum absolute atomic E-state index is 5.14. The van der Waals surface area contributed by atoms with Crippen molar-refractivity contribution in [3.63, 3.8) is 0 Å². The first-order chi connectivity index (χ1) is 6.45. The van der Waals surface area contributed by atoms with Crippen molar-refractivity contribution in [1.82, 2.24) is 5.16 Å². The standard InChI is InChI=1S/C10H6NO2/c1-2-4-7(5-3-1)9-8-6-12-10(8)11-13-9/h1-6H.